The molecule has 0 saturated heterocycles. The molecule has 4 rings (SSSR count). The molecule has 5 nitrogen and oxygen atoms in total. The Hall–Kier alpha value is -3.08. The van der Waals surface area contributed by atoms with Crippen molar-refractivity contribution in [1.29, 1.82) is 0 Å². The molecule has 1 aromatic heterocycles. The molecule has 1 aliphatic rings. The molecule has 0 radical (unpaired) electrons. The number of carbonyl (C=O) groups is 2. The van der Waals surface area contributed by atoms with E-state index < -0.39 is 0 Å². The topological polar surface area (TPSA) is 45.6 Å². The molecule has 5 heteroatoms. The van der Waals surface area contributed by atoms with Crippen LogP contribution in [-0.2, 0) is 18.4 Å². The van der Waals surface area contributed by atoms with Gasteiger partial charge in [0.1, 0.15) is 6.54 Å². The molecule has 1 aliphatic carbocycles. The largest absolute Gasteiger partial charge is 0.353 e. The standard InChI is InChI=1S/C26H31N3O2/c1-19(2)16-28(26(31)22-11-10-20-7-4-5-8-21(20)15-22)18-25(30)29(23-12-13-23)17-24-9-6-14-27(24)3/h4-11,14-15,19,23H,12-13,16-18H2,1-3H3. The zero-order valence-electron chi connectivity index (χ0n) is 18.6. The van der Waals surface area contributed by atoms with Crippen LogP contribution in [0.25, 0.3) is 10.8 Å². The molecule has 3 aromatic rings. The van der Waals surface area contributed by atoms with Crippen molar-refractivity contribution in [3.63, 3.8) is 0 Å². The van der Waals surface area contributed by atoms with Gasteiger partial charge < -0.3 is 14.4 Å². The van der Waals surface area contributed by atoms with Gasteiger partial charge in [-0.1, -0.05) is 44.2 Å². The number of hydrogen-bond donors (Lipinski definition) is 0. The fourth-order valence-corrected chi connectivity index (χ4v) is 4.06. The highest BCUT2D eigenvalue weighted by atomic mass is 16.2. The molecule has 2 aromatic carbocycles. The van der Waals surface area contributed by atoms with Gasteiger partial charge in [0.25, 0.3) is 5.91 Å². The fraction of sp³-hybridized carbons (Fsp3) is 0.385. The van der Waals surface area contributed by atoms with Crippen LogP contribution < -0.4 is 0 Å². The van der Waals surface area contributed by atoms with Crippen LogP contribution in [0.5, 0.6) is 0 Å². The molecule has 2 amide bonds. The molecule has 1 heterocycles. The van der Waals surface area contributed by atoms with Gasteiger partial charge in [-0.3, -0.25) is 9.59 Å². The third-order valence-corrected chi connectivity index (χ3v) is 5.89. The molecule has 0 N–H and O–H groups in total. The summed E-state index contributed by atoms with van der Waals surface area (Å²) in [7, 11) is 2.00. The molecule has 0 spiro atoms. The first-order valence-electron chi connectivity index (χ1n) is 11.1. The number of rotatable bonds is 8. The molecule has 1 fully saturated rings. The van der Waals surface area contributed by atoms with Gasteiger partial charge in [0.15, 0.2) is 0 Å². The van der Waals surface area contributed by atoms with Gasteiger partial charge in [0.05, 0.1) is 6.54 Å². The van der Waals surface area contributed by atoms with E-state index in [1.807, 2.05) is 66.7 Å². The Balaban J connectivity index is 1.54. The number of nitrogens with zero attached hydrogens (tertiary/aromatic N) is 3. The molecule has 0 unspecified atom stereocenters. The van der Waals surface area contributed by atoms with Gasteiger partial charge in [0, 0.05) is 37.1 Å². The van der Waals surface area contributed by atoms with Crippen molar-refractivity contribution in [1.82, 2.24) is 14.4 Å². The molecule has 0 atom stereocenters. The van der Waals surface area contributed by atoms with Crippen molar-refractivity contribution >= 4 is 22.6 Å². The molecule has 1 saturated carbocycles. The maximum atomic E-state index is 13.4. The Morgan fingerprint density at radius 1 is 1.03 bits per heavy atom. The maximum absolute atomic E-state index is 13.4. The van der Waals surface area contributed by atoms with Gasteiger partial charge in [-0.2, -0.15) is 0 Å². The van der Waals surface area contributed by atoms with Crippen LogP contribution in [0, 0.1) is 5.92 Å². The first-order chi connectivity index (χ1) is 14.9. The predicted molar refractivity (Wildman–Crippen MR) is 124 cm³/mol. The summed E-state index contributed by atoms with van der Waals surface area (Å²) in [5.41, 5.74) is 1.74. The van der Waals surface area contributed by atoms with E-state index in [1.165, 1.54) is 0 Å². The van der Waals surface area contributed by atoms with Gasteiger partial charge >= 0.3 is 0 Å². The first kappa shape index (κ1) is 21.2. The van der Waals surface area contributed by atoms with Gasteiger partial charge in [-0.25, -0.2) is 0 Å². The molecule has 162 valence electrons. The highest BCUT2D eigenvalue weighted by Crippen LogP contribution is 2.29. The third-order valence-electron chi connectivity index (χ3n) is 5.89. The number of benzene rings is 2. The molecule has 0 aliphatic heterocycles. The first-order valence-corrected chi connectivity index (χ1v) is 11.1. The predicted octanol–water partition coefficient (Wildman–Crippen LogP) is 4.47. The number of aryl methyl sites for hydroxylation is 1. The number of fused-ring (bicyclic) bond motifs is 1. The lowest BCUT2D eigenvalue weighted by Crippen LogP contribution is -2.45. The average Bonchev–Trinajstić information content (AvgIpc) is 3.51. The van der Waals surface area contributed by atoms with E-state index in [1.54, 1.807) is 4.90 Å². The SMILES string of the molecule is CC(C)CN(CC(=O)N(Cc1cccn1C)C1CC1)C(=O)c1ccc2ccccc2c1. The van der Waals surface area contributed by atoms with Crippen LogP contribution in [-0.4, -0.2) is 45.3 Å². The van der Waals surface area contributed by atoms with E-state index in [9.17, 15) is 9.59 Å². The highest BCUT2D eigenvalue weighted by Gasteiger charge is 2.34. The Morgan fingerprint density at radius 2 is 1.77 bits per heavy atom. The van der Waals surface area contributed by atoms with Gasteiger partial charge in [0.2, 0.25) is 5.91 Å². The van der Waals surface area contributed by atoms with Gasteiger partial charge in [-0.05, 0) is 53.8 Å². The van der Waals surface area contributed by atoms with E-state index in [0.29, 0.717) is 24.7 Å². The van der Waals surface area contributed by atoms with Gasteiger partial charge in [-0.15, -0.1) is 0 Å². The maximum Gasteiger partial charge on any atom is 0.254 e. The Bertz CT molecular complexity index is 1080. The lowest BCUT2D eigenvalue weighted by atomic mass is 10.1. The summed E-state index contributed by atoms with van der Waals surface area (Å²) in [5, 5.41) is 2.14. The average molecular weight is 418 g/mol. The summed E-state index contributed by atoms with van der Waals surface area (Å²) in [6.07, 6.45) is 4.08. The third kappa shape index (κ3) is 4.98. The zero-order valence-corrected chi connectivity index (χ0v) is 18.6. The minimum atomic E-state index is -0.0811. The molecule has 0 bridgehead atoms. The van der Waals surface area contributed by atoms with Crippen molar-refractivity contribution < 1.29 is 9.59 Å². The Labute approximate surface area is 184 Å². The van der Waals surface area contributed by atoms with Crippen molar-refractivity contribution in [2.45, 2.75) is 39.3 Å². The molecular formula is C26H31N3O2. The zero-order chi connectivity index (χ0) is 22.0. The second kappa shape index (κ2) is 8.96. The minimum absolute atomic E-state index is 0.0264. The van der Waals surface area contributed by atoms with Crippen molar-refractivity contribution in [3.8, 4) is 0 Å². The molecular weight excluding hydrogens is 386 g/mol. The van der Waals surface area contributed by atoms with E-state index in [2.05, 4.69) is 24.5 Å². The minimum Gasteiger partial charge on any atom is -0.353 e. The highest BCUT2D eigenvalue weighted by molar-refractivity contribution is 6.00. The Kier molecular flexibility index (Phi) is 6.12. The number of hydrogen-bond acceptors (Lipinski definition) is 2. The lowest BCUT2D eigenvalue weighted by Gasteiger charge is -2.29. The van der Waals surface area contributed by atoms with E-state index >= 15 is 0 Å². The van der Waals surface area contributed by atoms with Crippen LogP contribution in [0.2, 0.25) is 0 Å². The second-order valence-corrected chi connectivity index (χ2v) is 9.00. The van der Waals surface area contributed by atoms with E-state index in [4.69, 9.17) is 0 Å². The van der Waals surface area contributed by atoms with Crippen LogP contribution in [0.4, 0.5) is 0 Å². The summed E-state index contributed by atoms with van der Waals surface area (Å²) in [4.78, 5) is 30.4. The van der Waals surface area contributed by atoms with Crippen molar-refractivity contribution in [3.05, 3.63) is 72.1 Å². The fourth-order valence-electron chi connectivity index (χ4n) is 4.06. The summed E-state index contributed by atoms with van der Waals surface area (Å²) < 4.78 is 2.05. The van der Waals surface area contributed by atoms with E-state index in [0.717, 1.165) is 29.3 Å². The number of carbonyl (C=O) groups excluding carboxylic acids is 2. The smallest absolute Gasteiger partial charge is 0.254 e. The van der Waals surface area contributed by atoms with Crippen molar-refractivity contribution in [2.75, 3.05) is 13.1 Å². The van der Waals surface area contributed by atoms with Crippen LogP contribution in [0.1, 0.15) is 42.7 Å². The molecule has 31 heavy (non-hydrogen) atoms. The van der Waals surface area contributed by atoms with Crippen LogP contribution >= 0.6 is 0 Å². The normalized spacial score (nSPS) is 13.5. The Morgan fingerprint density at radius 3 is 2.42 bits per heavy atom. The monoisotopic (exact) mass is 417 g/mol. The quantitative estimate of drug-likeness (QED) is 0.543. The second-order valence-electron chi connectivity index (χ2n) is 9.00. The summed E-state index contributed by atoms with van der Waals surface area (Å²) >= 11 is 0. The summed E-state index contributed by atoms with van der Waals surface area (Å²) in [6, 6.07) is 18.1. The van der Waals surface area contributed by atoms with E-state index in [-0.39, 0.29) is 24.3 Å². The number of aromatic nitrogens is 1. The van der Waals surface area contributed by atoms with Crippen molar-refractivity contribution in [2.24, 2.45) is 13.0 Å². The number of amides is 2. The summed E-state index contributed by atoms with van der Waals surface area (Å²) in [5.74, 6) is 0.223. The van der Waals surface area contributed by atoms with Crippen LogP contribution in [0.15, 0.2) is 60.8 Å². The summed E-state index contributed by atoms with van der Waals surface area (Å²) in [6.45, 7) is 5.42. The van der Waals surface area contributed by atoms with Crippen LogP contribution in [0.3, 0.4) is 0 Å². The lowest BCUT2D eigenvalue weighted by molar-refractivity contribution is -0.133.